The maximum absolute atomic E-state index is 5.98. The molecule has 1 heterocycles. The van der Waals surface area contributed by atoms with Crippen molar-refractivity contribution in [2.24, 2.45) is 17.8 Å². The first kappa shape index (κ1) is 10.8. The normalized spacial score (nSPS) is 44.1. The van der Waals surface area contributed by atoms with Crippen molar-refractivity contribution in [3.63, 3.8) is 0 Å². The molecule has 0 aromatic heterocycles. The van der Waals surface area contributed by atoms with Crippen molar-refractivity contribution in [2.75, 3.05) is 12.5 Å². The summed E-state index contributed by atoms with van der Waals surface area (Å²) in [5.41, 5.74) is 0. The Hall–Kier alpha value is 0.250. The predicted molar refractivity (Wildman–Crippen MR) is 59.7 cm³/mol. The first-order valence-electron chi connectivity index (χ1n) is 5.99. The minimum atomic E-state index is 0.482. The standard InChI is InChI=1S/C12H21ClO/c1-9-3-2-4-10(7-9)12-11(8-13)5-6-14-12/h9-12H,2-8H2,1H3. The lowest BCUT2D eigenvalue weighted by molar-refractivity contribution is 0.0226. The molecule has 82 valence electrons. The minimum Gasteiger partial charge on any atom is -0.378 e. The van der Waals surface area contributed by atoms with Crippen LogP contribution in [0.4, 0.5) is 0 Å². The average molecular weight is 217 g/mol. The summed E-state index contributed by atoms with van der Waals surface area (Å²) in [6.45, 7) is 3.31. The molecule has 2 fully saturated rings. The summed E-state index contributed by atoms with van der Waals surface area (Å²) in [7, 11) is 0. The van der Waals surface area contributed by atoms with E-state index in [-0.39, 0.29) is 0 Å². The van der Waals surface area contributed by atoms with Gasteiger partial charge in [0.2, 0.25) is 0 Å². The van der Waals surface area contributed by atoms with Crippen LogP contribution in [0.15, 0.2) is 0 Å². The van der Waals surface area contributed by atoms with Crippen molar-refractivity contribution in [3.05, 3.63) is 0 Å². The Bertz CT molecular complexity index is 183. The van der Waals surface area contributed by atoms with Gasteiger partial charge in [0.25, 0.3) is 0 Å². The van der Waals surface area contributed by atoms with Crippen LogP contribution in [0.25, 0.3) is 0 Å². The van der Waals surface area contributed by atoms with E-state index in [0.29, 0.717) is 12.0 Å². The second-order valence-corrected chi connectivity index (χ2v) is 5.38. The van der Waals surface area contributed by atoms with Crippen molar-refractivity contribution >= 4 is 11.6 Å². The van der Waals surface area contributed by atoms with Crippen molar-refractivity contribution in [1.29, 1.82) is 0 Å². The third kappa shape index (κ3) is 2.25. The van der Waals surface area contributed by atoms with Gasteiger partial charge < -0.3 is 4.74 Å². The van der Waals surface area contributed by atoms with Gasteiger partial charge in [0.1, 0.15) is 0 Å². The highest BCUT2D eigenvalue weighted by Crippen LogP contribution is 2.38. The summed E-state index contributed by atoms with van der Waals surface area (Å²) in [6, 6.07) is 0. The van der Waals surface area contributed by atoms with Gasteiger partial charge in [-0.15, -0.1) is 11.6 Å². The molecule has 4 atom stereocenters. The molecule has 1 aliphatic heterocycles. The van der Waals surface area contributed by atoms with Crippen LogP contribution in [0.2, 0.25) is 0 Å². The SMILES string of the molecule is CC1CCCC(C2OCCC2CCl)C1. The molecule has 1 aliphatic carbocycles. The summed E-state index contributed by atoms with van der Waals surface area (Å²) >= 11 is 5.98. The van der Waals surface area contributed by atoms with Gasteiger partial charge in [0, 0.05) is 18.4 Å². The number of alkyl halides is 1. The van der Waals surface area contributed by atoms with Crippen molar-refractivity contribution in [1.82, 2.24) is 0 Å². The first-order chi connectivity index (χ1) is 6.81. The van der Waals surface area contributed by atoms with E-state index in [2.05, 4.69) is 6.92 Å². The molecule has 0 radical (unpaired) electrons. The van der Waals surface area contributed by atoms with E-state index in [4.69, 9.17) is 16.3 Å². The van der Waals surface area contributed by atoms with Crippen LogP contribution in [0.1, 0.15) is 39.0 Å². The molecule has 14 heavy (non-hydrogen) atoms. The Morgan fingerprint density at radius 2 is 2.14 bits per heavy atom. The largest absolute Gasteiger partial charge is 0.378 e. The highest BCUT2D eigenvalue weighted by Gasteiger charge is 2.35. The number of rotatable bonds is 2. The summed E-state index contributed by atoms with van der Waals surface area (Å²) in [5.74, 6) is 3.11. The minimum absolute atomic E-state index is 0.482. The van der Waals surface area contributed by atoms with Crippen LogP contribution in [-0.2, 0) is 4.74 Å². The second kappa shape index (κ2) is 4.85. The number of hydrogen-bond acceptors (Lipinski definition) is 1. The molecule has 1 saturated carbocycles. The van der Waals surface area contributed by atoms with Gasteiger partial charge >= 0.3 is 0 Å². The highest BCUT2D eigenvalue weighted by molar-refractivity contribution is 6.18. The molecule has 1 nitrogen and oxygen atoms in total. The van der Waals surface area contributed by atoms with E-state index < -0.39 is 0 Å². The molecule has 0 aromatic rings. The summed E-state index contributed by atoms with van der Waals surface area (Å²) < 4.78 is 5.86. The van der Waals surface area contributed by atoms with Crippen LogP contribution in [0.3, 0.4) is 0 Å². The molecule has 0 bridgehead atoms. The third-order valence-electron chi connectivity index (χ3n) is 3.90. The zero-order valence-corrected chi connectivity index (χ0v) is 9.80. The highest BCUT2D eigenvalue weighted by atomic mass is 35.5. The van der Waals surface area contributed by atoms with Crippen LogP contribution in [-0.4, -0.2) is 18.6 Å². The van der Waals surface area contributed by atoms with E-state index in [1.54, 1.807) is 0 Å². The van der Waals surface area contributed by atoms with Gasteiger partial charge in [-0.25, -0.2) is 0 Å². The number of halogens is 1. The zero-order chi connectivity index (χ0) is 9.97. The molecule has 0 N–H and O–H groups in total. The van der Waals surface area contributed by atoms with E-state index in [9.17, 15) is 0 Å². The van der Waals surface area contributed by atoms with E-state index in [1.807, 2.05) is 0 Å². The van der Waals surface area contributed by atoms with Crippen LogP contribution in [0.5, 0.6) is 0 Å². The van der Waals surface area contributed by atoms with Crippen molar-refractivity contribution in [3.8, 4) is 0 Å². The molecule has 1 saturated heterocycles. The first-order valence-corrected chi connectivity index (χ1v) is 6.52. The smallest absolute Gasteiger partial charge is 0.0643 e. The fraction of sp³-hybridized carbons (Fsp3) is 1.00. The third-order valence-corrected chi connectivity index (χ3v) is 4.30. The van der Waals surface area contributed by atoms with Gasteiger partial charge in [-0.2, -0.15) is 0 Å². The fourth-order valence-corrected chi connectivity index (χ4v) is 3.45. The van der Waals surface area contributed by atoms with Crippen molar-refractivity contribution in [2.45, 2.75) is 45.1 Å². The molecule has 2 aliphatic rings. The Balaban J connectivity index is 1.92. The molecule has 2 heteroatoms. The average Bonchev–Trinajstić information content (AvgIpc) is 2.65. The Kier molecular flexibility index (Phi) is 3.73. The lowest BCUT2D eigenvalue weighted by Crippen LogP contribution is -2.31. The second-order valence-electron chi connectivity index (χ2n) is 5.07. The van der Waals surface area contributed by atoms with Crippen molar-refractivity contribution < 1.29 is 4.74 Å². The van der Waals surface area contributed by atoms with Crippen LogP contribution < -0.4 is 0 Å². The van der Waals surface area contributed by atoms with E-state index >= 15 is 0 Å². The molecule has 0 spiro atoms. The maximum atomic E-state index is 5.98. The van der Waals surface area contributed by atoms with E-state index in [1.165, 1.54) is 32.1 Å². The number of hydrogen-bond donors (Lipinski definition) is 0. The van der Waals surface area contributed by atoms with Gasteiger partial charge in [-0.05, 0) is 31.1 Å². The predicted octanol–water partition coefficient (Wildman–Crippen LogP) is 3.46. The lowest BCUT2D eigenvalue weighted by Gasteiger charge is -2.33. The molecular formula is C12H21ClO. The Morgan fingerprint density at radius 1 is 1.29 bits per heavy atom. The zero-order valence-electron chi connectivity index (χ0n) is 9.05. The van der Waals surface area contributed by atoms with Gasteiger partial charge in [-0.3, -0.25) is 0 Å². The topological polar surface area (TPSA) is 9.23 Å². The molecule has 0 amide bonds. The summed E-state index contributed by atoms with van der Waals surface area (Å²) in [6.07, 6.45) is 7.19. The van der Waals surface area contributed by atoms with Gasteiger partial charge in [0.15, 0.2) is 0 Å². The summed E-state index contributed by atoms with van der Waals surface area (Å²) in [5, 5.41) is 0. The Morgan fingerprint density at radius 3 is 2.86 bits per heavy atom. The lowest BCUT2D eigenvalue weighted by atomic mass is 9.77. The molecule has 0 aromatic carbocycles. The number of ether oxygens (including phenoxy) is 1. The van der Waals surface area contributed by atoms with Crippen LogP contribution in [0, 0.1) is 17.8 Å². The molecule has 4 unspecified atom stereocenters. The molecular weight excluding hydrogens is 196 g/mol. The molecule has 2 rings (SSSR count). The van der Waals surface area contributed by atoms with Gasteiger partial charge in [0.05, 0.1) is 6.10 Å². The monoisotopic (exact) mass is 216 g/mol. The van der Waals surface area contributed by atoms with E-state index in [0.717, 1.165) is 24.3 Å². The quantitative estimate of drug-likeness (QED) is 0.643. The fourth-order valence-electron chi connectivity index (χ4n) is 3.12. The van der Waals surface area contributed by atoms with Gasteiger partial charge in [-0.1, -0.05) is 19.8 Å². The van der Waals surface area contributed by atoms with Crippen LogP contribution >= 0.6 is 11.6 Å². The Labute approximate surface area is 92.2 Å². The summed E-state index contributed by atoms with van der Waals surface area (Å²) in [4.78, 5) is 0. The maximum Gasteiger partial charge on any atom is 0.0643 e.